The second-order valence-corrected chi connectivity index (χ2v) is 7.05. The lowest BCUT2D eigenvalue weighted by Gasteiger charge is -2.16. The summed E-state index contributed by atoms with van der Waals surface area (Å²) < 4.78 is 0. The molecular formula is C17H13Cl2N5OS. The molecular weight excluding hydrogens is 393 g/mol. The van der Waals surface area contributed by atoms with E-state index in [9.17, 15) is 4.79 Å². The summed E-state index contributed by atoms with van der Waals surface area (Å²) in [4.78, 5) is 16.2. The number of thioether (sulfide) groups is 1. The van der Waals surface area contributed by atoms with Crippen LogP contribution in [-0.2, 0) is 4.79 Å². The standard InChI is InChI=1S/C17H13Cl2N5OS/c1-9(13-3-2-12(18)5-14(13)19)23-15(25)8-26-17-11(7-21)4-10(6-20)16(22)24-17/h2-5,9H,8H2,1H3,(H2,22,24)(H,23,25)/t9-/m0/s1. The molecule has 1 atom stereocenters. The molecule has 2 aromatic rings. The number of rotatable bonds is 5. The predicted octanol–water partition coefficient (Wildman–Crippen LogP) is 3.68. The van der Waals surface area contributed by atoms with E-state index < -0.39 is 0 Å². The molecule has 2 rings (SSSR count). The van der Waals surface area contributed by atoms with E-state index in [1.54, 1.807) is 25.1 Å². The third-order valence-corrected chi connectivity index (χ3v) is 4.96. The van der Waals surface area contributed by atoms with E-state index in [2.05, 4.69) is 10.3 Å². The number of hydrogen-bond acceptors (Lipinski definition) is 6. The zero-order valence-electron chi connectivity index (χ0n) is 13.6. The number of nitrogens with zero attached hydrogens (tertiary/aromatic N) is 3. The van der Waals surface area contributed by atoms with Gasteiger partial charge in [-0.25, -0.2) is 4.98 Å². The van der Waals surface area contributed by atoms with Gasteiger partial charge in [0.05, 0.1) is 22.9 Å². The van der Waals surface area contributed by atoms with Gasteiger partial charge < -0.3 is 11.1 Å². The quantitative estimate of drug-likeness (QED) is 0.732. The number of carbonyl (C=O) groups is 1. The van der Waals surface area contributed by atoms with Crippen molar-refractivity contribution in [3.8, 4) is 12.1 Å². The zero-order chi connectivity index (χ0) is 19.3. The minimum atomic E-state index is -0.317. The van der Waals surface area contributed by atoms with Gasteiger partial charge in [-0.15, -0.1) is 0 Å². The van der Waals surface area contributed by atoms with E-state index >= 15 is 0 Å². The number of nitrogens with one attached hydrogen (secondary N) is 1. The number of aromatic nitrogens is 1. The Hall–Kier alpha value is -2.45. The molecule has 0 aliphatic rings. The molecule has 132 valence electrons. The Kier molecular flexibility index (Phi) is 6.70. The van der Waals surface area contributed by atoms with Crippen molar-refractivity contribution < 1.29 is 4.79 Å². The summed E-state index contributed by atoms with van der Waals surface area (Å²) in [6.45, 7) is 1.80. The number of carbonyl (C=O) groups excluding carboxylic acids is 1. The highest BCUT2D eigenvalue weighted by Crippen LogP contribution is 2.27. The van der Waals surface area contributed by atoms with Crippen LogP contribution in [0.5, 0.6) is 0 Å². The molecule has 0 aliphatic carbocycles. The monoisotopic (exact) mass is 405 g/mol. The number of anilines is 1. The third-order valence-electron chi connectivity index (χ3n) is 3.40. The second-order valence-electron chi connectivity index (χ2n) is 5.24. The summed E-state index contributed by atoms with van der Waals surface area (Å²) in [6, 6.07) is 9.91. The van der Waals surface area contributed by atoms with E-state index in [1.807, 2.05) is 12.1 Å². The van der Waals surface area contributed by atoms with Gasteiger partial charge in [0.2, 0.25) is 5.91 Å². The molecule has 9 heteroatoms. The van der Waals surface area contributed by atoms with Crippen LogP contribution in [0.25, 0.3) is 0 Å². The average Bonchev–Trinajstić information content (AvgIpc) is 2.59. The van der Waals surface area contributed by atoms with E-state index in [0.717, 1.165) is 17.3 Å². The average molecular weight is 406 g/mol. The van der Waals surface area contributed by atoms with Crippen LogP contribution < -0.4 is 11.1 Å². The lowest BCUT2D eigenvalue weighted by atomic mass is 10.1. The summed E-state index contributed by atoms with van der Waals surface area (Å²) in [5.41, 5.74) is 6.73. The van der Waals surface area contributed by atoms with Crippen LogP contribution in [0.1, 0.15) is 29.7 Å². The van der Waals surface area contributed by atoms with Gasteiger partial charge in [0, 0.05) is 10.0 Å². The molecule has 1 aromatic heterocycles. The molecule has 0 fully saturated rings. The van der Waals surface area contributed by atoms with Gasteiger partial charge in [0.15, 0.2) is 0 Å². The summed E-state index contributed by atoms with van der Waals surface area (Å²) in [7, 11) is 0. The molecule has 0 saturated carbocycles. The van der Waals surface area contributed by atoms with E-state index in [1.165, 1.54) is 6.07 Å². The fourth-order valence-electron chi connectivity index (χ4n) is 2.14. The Balaban J connectivity index is 2.04. The maximum Gasteiger partial charge on any atom is 0.230 e. The number of benzene rings is 1. The Morgan fingerprint density at radius 3 is 2.62 bits per heavy atom. The van der Waals surface area contributed by atoms with Crippen LogP contribution in [0.15, 0.2) is 29.3 Å². The molecule has 0 saturated heterocycles. The van der Waals surface area contributed by atoms with E-state index in [-0.39, 0.29) is 34.6 Å². The molecule has 1 aromatic carbocycles. The van der Waals surface area contributed by atoms with Gasteiger partial charge in [-0.3, -0.25) is 4.79 Å². The van der Waals surface area contributed by atoms with Gasteiger partial charge in [0.1, 0.15) is 23.0 Å². The first-order chi connectivity index (χ1) is 12.3. The number of halogens is 2. The van der Waals surface area contributed by atoms with E-state index in [4.69, 9.17) is 39.5 Å². The van der Waals surface area contributed by atoms with Crippen molar-refractivity contribution >= 4 is 46.7 Å². The largest absolute Gasteiger partial charge is 0.383 e. The van der Waals surface area contributed by atoms with Crippen LogP contribution in [-0.4, -0.2) is 16.6 Å². The lowest BCUT2D eigenvalue weighted by molar-refractivity contribution is -0.119. The van der Waals surface area contributed by atoms with Gasteiger partial charge in [-0.2, -0.15) is 10.5 Å². The molecule has 6 nitrogen and oxygen atoms in total. The molecule has 1 heterocycles. The number of amides is 1. The maximum absolute atomic E-state index is 12.2. The van der Waals surface area contributed by atoms with Crippen LogP contribution in [0.4, 0.5) is 5.82 Å². The normalized spacial score (nSPS) is 11.3. The number of nitriles is 2. The van der Waals surface area contributed by atoms with E-state index in [0.29, 0.717) is 15.1 Å². The van der Waals surface area contributed by atoms with Crippen LogP contribution in [0.2, 0.25) is 10.0 Å². The molecule has 0 unspecified atom stereocenters. The number of nitrogens with two attached hydrogens (primary N) is 1. The molecule has 0 bridgehead atoms. The minimum Gasteiger partial charge on any atom is -0.383 e. The SMILES string of the molecule is C[C@H](NC(=O)CSc1nc(N)c(C#N)cc1C#N)c1ccc(Cl)cc1Cl. The Morgan fingerprint density at radius 2 is 2.00 bits per heavy atom. The van der Waals surface area contributed by atoms with Crippen LogP contribution >= 0.6 is 35.0 Å². The first kappa shape index (κ1) is 19.9. The van der Waals surface area contributed by atoms with Crippen molar-refractivity contribution in [1.29, 1.82) is 10.5 Å². The summed E-state index contributed by atoms with van der Waals surface area (Å²) in [5.74, 6) is -0.208. The first-order valence-electron chi connectivity index (χ1n) is 7.33. The molecule has 0 radical (unpaired) electrons. The smallest absolute Gasteiger partial charge is 0.230 e. The van der Waals surface area contributed by atoms with Crippen molar-refractivity contribution in [1.82, 2.24) is 10.3 Å². The number of hydrogen-bond donors (Lipinski definition) is 2. The van der Waals surface area contributed by atoms with Crippen molar-refractivity contribution in [3.05, 3.63) is 51.0 Å². The van der Waals surface area contributed by atoms with Crippen molar-refractivity contribution in [3.63, 3.8) is 0 Å². The Bertz CT molecular complexity index is 936. The summed E-state index contributed by atoms with van der Waals surface area (Å²) in [5, 5.41) is 22.2. The molecule has 26 heavy (non-hydrogen) atoms. The Labute approximate surface area is 164 Å². The van der Waals surface area contributed by atoms with Gasteiger partial charge in [0.25, 0.3) is 0 Å². The zero-order valence-corrected chi connectivity index (χ0v) is 15.9. The van der Waals surface area contributed by atoms with Crippen molar-refractivity contribution in [2.75, 3.05) is 11.5 Å². The van der Waals surface area contributed by atoms with Gasteiger partial charge in [-0.05, 0) is 30.7 Å². The third kappa shape index (κ3) is 4.80. The van der Waals surface area contributed by atoms with Gasteiger partial charge in [-0.1, -0.05) is 41.0 Å². The highest BCUT2D eigenvalue weighted by Gasteiger charge is 2.15. The van der Waals surface area contributed by atoms with Crippen LogP contribution in [0.3, 0.4) is 0 Å². The first-order valence-corrected chi connectivity index (χ1v) is 9.07. The second kappa shape index (κ2) is 8.77. The highest BCUT2D eigenvalue weighted by molar-refractivity contribution is 8.00. The summed E-state index contributed by atoms with van der Waals surface area (Å²) >= 11 is 13.1. The maximum atomic E-state index is 12.2. The van der Waals surface area contributed by atoms with Crippen molar-refractivity contribution in [2.24, 2.45) is 0 Å². The lowest BCUT2D eigenvalue weighted by Crippen LogP contribution is -2.28. The van der Waals surface area contributed by atoms with Gasteiger partial charge >= 0.3 is 0 Å². The van der Waals surface area contributed by atoms with Crippen LogP contribution in [0, 0.1) is 22.7 Å². The molecule has 1 amide bonds. The molecule has 0 aliphatic heterocycles. The molecule has 3 N–H and O–H groups in total. The van der Waals surface area contributed by atoms with Crippen molar-refractivity contribution in [2.45, 2.75) is 18.0 Å². The fraction of sp³-hybridized carbons (Fsp3) is 0.176. The fourth-order valence-corrected chi connectivity index (χ4v) is 3.48. The summed E-state index contributed by atoms with van der Waals surface area (Å²) in [6.07, 6.45) is 0. The molecule has 0 spiro atoms. The topological polar surface area (TPSA) is 116 Å². The minimum absolute atomic E-state index is 0.0238. The highest BCUT2D eigenvalue weighted by atomic mass is 35.5. The Morgan fingerprint density at radius 1 is 1.31 bits per heavy atom. The predicted molar refractivity (Wildman–Crippen MR) is 102 cm³/mol. The number of pyridine rings is 1. The number of nitrogen functional groups attached to an aromatic ring is 1.